The number of pyridine rings is 1. The number of aromatic amines is 1. The van der Waals surface area contributed by atoms with Gasteiger partial charge in [-0.2, -0.15) is 0 Å². The molecular formula is C21H24ClN5O. The molecule has 1 atom stereocenters. The maximum atomic E-state index is 12.4. The molecule has 0 saturated carbocycles. The highest BCUT2D eigenvalue weighted by Crippen LogP contribution is 2.28. The third kappa shape index (κ3) is 3.98. The lowest BCUT2D eigenvalue weighted by molar-refractivity contribution is 0.0963. The fraction of sp³-hybridized carbons (Fsp3) is 0.333. The molecule has 2 aromatic heterocycles. The van der Waals surface area contributed by atoms with E-state index in [1.807, 2.05) is 30.5 Å². The molecule has 3 N–H and O–H groups in total. The Balaban J connectivity index is 1.54. The topological polar surface area (TPSA) is 73.0 Å². The van der Waals surface area contributed by atoms with Crippen LogP contribution in [0, 0.1) is 0 Å². The molecule has 7 heteroatoms. The molecule has 0 aliphatic carbocycles. The Morgan fingerprint density at radius 1 is 1.39 bits per heavy atom. The quantitative estimate of drug-likeness (QED) is 0.614. The van der Waals surface area contributed by atoms with Crippen LogP contribution in [0.25, 0.3) is 11.0 Å². The molecule has 28 heavy (non-hydrogen) atoms. The molecule has 1 aliphatic rings. The number of hydrogen-bond acceptors (Lipinski definition) is 4. The SMILES string of the molecule is CNC(=O)c1cnc2[nH]ccc2c1N[C@H]1CCCN(Cc2cccc(Cl)c2)C1. The van der Waals surface area contributed by atoms with Gasteiger partial charge in [0.1, 0.15) is 5.65 Å². The molecule has 0 spiro atoms. The first-order chi connectivity index (χ1) is 13.6. The van der Waals surface area contributed by atoms with E-state index in [1.54, 1.807) is 13.2 Å². The van der Waals surface area contributed by atoms with Crippen molar-refractivity contribution in [1.29, 1.82) is 0 Å². The van der Waals surface area contributed by atoms with Crippen molar-refractivity contribution in [2.24, 2.45) is 0 Å². The van der Waals surface area contributed by atoms with E-state index in [4.69, 9.17) is 11.6 Å². The summed E-state index contributed by atoms with van der Waals surface area (Å²) >= 11 is 6.13. The van der Waals surface area contributed by atoms with Gasteiger partial charge in [0.2, 0.25) is 0 Å². The summed E-state index contributed by atoms with van der Waals surface area (Å²) < 4.78 is 0. The van der Waals surface area contributed by atoms with E-state index >= 15 is 0 Å². The third-order valence-electron chi connectivity index (χ3n) is 5.21. The first-order valence-corrected chi connectivity index (χ1v) is 9.93. The number of carbonyl (C=O) groups is 1. The molecule has 4 rings (SSSR count). The van der Waals surface area contributed by atoms with Gasteiger partial charge in [0.15, 0.2) is 0 Å². The summed E-state index contributed by atoms with van der Waals surface area (Å²) in [6, 6.07) is 10.2. The maximum Gasteiger partial charge on any atom is 0.254 e. The number of anilines is 1. The number of piperidine rings is 1. The van der Waals surface area contributed by atoms with Gasteiger partial charge in [0.25, 0.3) is 5.91 Å². The highest BCUT2D eigenvalue weighted by molar-refractivity contribution is 6.30. The number of H-pyrrole nitrogens is 1. The Kier molecular flexibility index (Phi) is 5.50. The van der Waals surface area contributed by atoms with Gasteiger partial charge < -0.3 is 15.6 Å². The third-order valence-corrected chi connectivity index (χ3v) is 5.44. The van der Waals surface area contributed by atoms with Crippen LogP contribution in [-0.2, 0) is 6.54 Å². The summed E-state index contributed by atoms with van der Waals surface area (Å²) in [5.74, 6) is -0.135. The first-order valence-electron chi connectivity index (χ1n) is 9.55. The van der Waals surface area contributed by atoms with Gasteiger partial charge >= 0.3 is 0 Å². The molecule has 146 valence electrons. The van der Waals surface area contributed by atoms with E-state index in [0.717, 1.165) is 54.2 Å². The van der Waals surface area contributed by atoms with Gasteiger partial charge in [-0.1, -0.05) is 23.7 Å². The van der Waals surface area contributed by atoms with E-state index < -0.39 is 0 Å². The summed E-state index contributed by atoms with van der Waals surface area (Å²) in [6.45, 7) is 2.84. The summed E-state index contributed by atoms with van der Waals surface area (Å²) in [5, 5.41) is 8.05. The number of fused-ring (bicyclic) bond motifs is 1. The fourth-order valence-corrected chi connectivity index (χ4v) is 4.10. The normalized spacial score (nSPS) is 17.6. The second-order valence-electron chi connectivity index (χ2n) is 7.21. The zero-order chi connectivity index (χ0) is 19.5. The monoisotopic (exact) mass is 397 g/mol. The molecule has 3 aromatic rings. The lowest BCUT2D eigenvalue weighted by Gasteiger charge is -2.34. The molecule has 1 saturated heterocycles. The van der Waals surface area contributed by atoms with Crippen molar-refractivity contribution in [3.63, 3.8) is 0 Å². The molecular weight excluding hydrogens is 374 g/mol. The second-order valence-corrected chi connectivity index (χ2v) is 7.65. The highest BCUT2D eigenvalue weighted by atomic mass is 35.5. The van der Waals surface area contributed by atoms with Crippen molar-refractivity contribution < 1.29 is 4.79 Å². The largest absolute Gasteiger partial charge is 0.380 e. The zero-order valence-electron chi connectivity index (χ0n) is 15.8. The standard InChI is InChI=1S/C21H24ClN5O/c1-23-21(28)18-11-25-20-17(7-8-24-20)19(18)26-16-6-3-9-27(13-16)12-14-4-2-5-15(22)10-14/h2,4-5,7-8,10-11,16H,3,6,9,12-13H2,1H3,(H,23,28)(H2,24,25,26)/t16-/m0/s1. The predicted molar refractivity (Wildman–Crippen MR) is 113 cm³/mol. The lowest BCUT2D eigenvalue weighted by atomic mass is 10.0. The highest BCUT2D eigenvalue weighted by Gasteiger charge is 2.23. The van der Waals surface area contributed by atoms with Crippen LogP contribution in [-0.4, -0.2) is 47.0 Å². The number of rotatable bonds is 5. The molecule has 0 bridgehead atoms. The van der Waals surface area contributed by atoms with Crippen LogP contribution >= 0.6 is 11.6 Å². The maximum absolute atomic E-state index is 12.4. The van der Waals surface area contributed by atoms with Gasteiger partial charge in [-0.25, -0.2) is 4.98 Å². The van der Waals surface area contributed by atoms with Gasteiger partial charge in [-0.05, 0) is 43.1 Å². The number of nitrogens with one attached hydrogen (secondary N) is 3. The lowest BCUT2D eigenvalue weighted by Crippen LogP contribution is -2.42. The minimum atomic E-state index is -0.135. The van der Waals surface area contributed by atoms with E-state index in [9.17, 15) is 4.79 Å². The Hall–Kier alpha value is -2.57. The van der Waals surface area contributed by atoms with Crippen molar-refractivity contribution in [2.75, 3.05) is 25.5 Å². The average Bonchev–Trinajstić information content (AvgIpc) is 3.17. The summed E-state index contributed by atoms with van der Waals surface area (Å²) in [4.78, 5) is 22.3. The number of amides is 1. The summed E-state index contributed by atoms with van der Waals surface area (Å²) in [5.41, 5.74) is 3.42. The van der Waals surface area contributed by atoms with Crippen molar-refractivity contribution in [3.8, 4) is 0 Å². The second kappa shape index (κ2) is 8.20. The fourth-order valence-electron chi connectivity index (χ4n) is 3.88. The van der Waals surface area contributed by atoms with Crippen LogP contribution < -0.4 is 10.6 Å². The number of hydrogen-bond donors (Lipinski definition) is 3. The summed E-state index contributed by atoms with van der Waals surface area (Å²) in [6.07, 6.45) is 5.65. The van der Waals surface area contributed by atoms with Crippen molar-refractivity contribution in [2.45, 2.75) is 25.4 Å². The molecule has 1 fully saturated rings. The number of benzene rings is 1. The van der Waals surface area contributed by atoms with Crippen LogP contribution in [0.5, 0.6) is 0 Å². The predicted octanol–water partition coefficient (Wildman–Crippen LogP) is 3.65. The Morgan fingerprint density at radius 2 is 2.29 bits per heavy atom. The average molecular weight is 398 g/mol. The van der Waals surface area contributed by atoms with E-state index in [0.29, 0.717) is 5.56 Å². The van der Waals surface area contributed by atoms with Crippen LogP contribution in [0.2, 0.25) is 5.02 Å². The van der Waals surface area contributed by atoms with Crippen molar-refractivity contribution in [1.82, 2.24) is 20.2 Å². The van der Waals surface area contributed by atoms with E-state index in [2.05, 4.69) is 31.6 Å². The molecule has 1 aromatic carbocycles. The molecule has 1 amide bonds. The van der Waals surface area contributed by atoms with Crippen LogP contribution in [0.4, 0.5) is 5.69 Å². The van der Waals surface area contributed by atoms with Gasteiger partial charge in [-0.3, -0.25) is 9.69 Å². The van der Waals surface area contributed by atoms with Gasteiger partial charge in [0, 0.05) is 49.0 Å². The van der Waals surface area contributed by atoms with Gasteiger partial charge in [-0.15, -0.1) is 0 Å². The minimum Gasteiger partial charge on any atom is -0.380 e. The van der Waals surface area contributed by atoms with E-state index in [-0.39, 0.29) is 11.9 Å². The van der Waals surface area contributed by atoms with Gasteiger partial charge in [0.05, 0.1) is 11.3 Å². The molecule has 0 unspecified atom stereocenters. The molecule has 0 radical (unpaired) electrons. The van der Waals surface area contributed by atoms with Crippen LogP contribution in [0.3, 0.4) is 0 Å². The molecule has 3 heterocycles. The number of halogens is 1. The minimum absolute atomic E-state index is 0.135. The number of likely N-dealkylation sites (tertiary alicyclic amines) is 1. The number of aromatic nitrogens is 2. The molecule has 1 aliphatic heterocycles. The van der Waals surface area contributed by atoms with Crippen molar-refractivity contribution >= 4 is 34.2 Å². The number of nitrogens with zero attached hydrogens (tertiary/aromatic N) is 2. The van der Waals surface area contributed by atoms with E-state index in [1.165, 1.54) is 5.56 Å². The first kappa shape index (κ1) is 18.8. The van der Waals surface area contributed by atoms with Crippen LogP contribution in [0.15, 0.2) is 42.7 Å². The smallest absolute Gasteiger partial charge is 0.254 e. The Labute approximate surface area is 169 Å². The summed E-state index contributed by atoms with van der Waals surface area (Å²) in [7, 11) is 1.64. The number of carbonyl (C=O) groups excluding carboxylic acids is 1. The Bertz CT molecular complexity index is 986. The zero-order valence-corrected chi connectivity index (χ0v) is 16.6. The van der Waals surface area contributed by atoms with Crippen molar-refractivity contribution in [3.05, 3.63) is 58.9 Å². The van der Waals surface area contributed by atoms with Crippen LogP contribution in [0.1, 0.15) is 28.8 Å². The Morgan fingerprint density at radius 3 is 3.11 bits per heavy atom. The molecule has 6 nitrogen and oxygen atoms in total.